The molecule has 1 aromatic carbocycles. The molecule has 3 nitrogen and oxygen atoms in total. The molecule has 1 aromatic rings. The third kappa shape index (κ3) is 1.36. The summed E-state index contributed by atoms with van der Waals surface area (Å²) < 4.78 is 0.841. The van der Waals surface area contributed by atoms with Crippen LogP contribution >= 0.6 is 27.7 Å². The predicted molar refractivity (Wildman–Crippen MR) is 58.9 cm³/mol. The van der Waals surface area contributed by atoms with Crippen molar-refractivity contribution in [2.75, 3.05) is 11.6 Å². The summed E-state index contributed by atoms with van der Waals surface area (Å²) in [6.07, 6.45) is 1.94. The van der Waals surface area contributed by atoms with Gasteiger partial charge in [0.2, 0.25) is 0 Å². The predicted octanol–water partition coefficient (Wildman–Crippen LogP) is 2.31. The normalized spacial score (nSPS) is 14.1. The highest BCUT2D eigenvalue weighted by molar-refractivity contribution is 9.10. The van der Waals surface area contributed by atoms with E-state index < -0.39 is 11.7 Å². The van der Waals surface area contributed by atoms with Gasteiger partial charge in [0, 0.05) is 9.37 Å². The number of hydrogen-bond donors (Lipinski definition) is 1. The molecule has 0 aliphatic carbocycles. The van der Waals surface area contributed by atoms with Gasteiger partial charge in [-0.15, -0.1) is 11.8 Å². The zero-order valence-corrected chi connectivity index (χ0v) is 9.66. The van der Waals surface area contributed by atoms with E-state index in [1.165, 1.54) is 0 Å². The van der Waals surface area contributed by atoms with Crippen molar-refractivity contribution >= 4 is 45.1 Å². The van der Waals surface area contributed by atoms with Gasteiger partial charge in [0.05, 0.1) is 11.3 Å². The molecule has 0 saturated carbocycles. The van der Waals surface area contributed by atoms with E-state index in [9.17, 15) is 9.59 Å². The van der Waals surface area contributed by atoms with E-state index >= 15 is 0 Å². The van der Waals surface area contributed by atoms with E-state index in [1.807, 2.05) is 6.26 Å². The number of thioether (sulfide) groups is 1. The third-order valence-corrected chi connectivity index (χ3v) is 3.69. The molecule has 0 bridgehead atoms. The number of fused-ring (bicyclic) bond motifs is 1. The summed E-state index contributed by atoms with van der Waals surface area (Å²) in [6.45, 7) is 0. The Kier molecular flexibility index (Phi) is 2.36. The monoisotopic (exact) mass is 271 g/mol. The fraction of sp³-hybridized carbons (Fsp3) is 0.111. The van der Waals surface area contributed by atoms with E-state index in [2.05, 4.69) is 21.2 Å². The number of carbonyl (C=O) groups is 2. The van der Waals surface area contributed by atoms with Gasteiger partial charge in [-0.05, 0) is 34.3 Å². The Bertz CT molecular complexity index is 445. The molecule has 0 fully saturated rings. The lowest BCUT2D eigenvalue weighted by atomic mass is 10.1. The van der Waals surface area contributed by atoms with Crippen molar-refractivity contribution < 1.29 is 9.59 Å². The van der Waals surface area contributed by atoms with Gasteiger partial charge in [0.15, 0.2) is 0 Å². The van der Waals surface area contributed by atoms with E-state index in [4.69, 9.17) is 0 Å². The lowest BCUT2D eigenvalue weighted by molar-refractivity contribution is -0.112. The summed E-state index contributed by atoms with van der Waals surface area (Å²) in [4.78, 5) is 23.4. The Labute approximate surface area is 93.4 Å². The van der Waals surface area contributed by atoms with Crippen LogP contribution in [0.1, 0.15) is 10.4 Å². The Morgan fingerprint density at radius 2 is 2.07 bits per heavy atom. The molecule has 0 saturated heterocycles. The van der Waals surface area contributed by atoms with Crippen molar-refractivity contribution in [3.8, 4) is 0 Å². The van der Waals surface area contributed by atoms with Gasteiger partial charge in [-0.1, -0.05) is 0 Å². The molecular formula is C9H6BrNO2S. The minimum atomic E-state index is -0.551. The lowest BCUT2D eigenvalue weighted by Gasteiger charge is -2.03. The Morgan fingerprint density at radius 3 is 2.71 bits per heavy atom. The molecule has 14 heavy (non-hydrogen) atoms. The van der Waals surface area contributed by atoms with Crippen LogP contribution < -0.4 is 5.32 Å². The number of anilines is 1. The van der Waals surface area contributed by atoms with Gasteiger partial charge >= 0.3 is 0 Å². The molecule has 72 valence electrons. The van der Waals surface area contributed by atoms with E-state index in [-0.39, 0.29) is 0 Å². The minimum Gasteiger partial charge on any atom is -0.318 e. The average molecular weight is 272 g/mol. The maximum Gasteiger partial charge on any atom is 0.296 e. The first-order chi connectivity index (χ1) is 6.63. The number of rotatable bonds is 1. The van der Waals surface area contributed by atoms with Gasteiger partial charge in [-0.3, -0.25) is 9.59 Å². The first-order valence-electron chi connectivity index (χ1n) is 3.86. The molecule has 0 atom stereocenters. The van der Waals surface area contributed by atoms with Crippen LogP contribution in [0.3, 0.4) is 0 Å². The van der Waals surface area contributed by atoms with Crippen LogP contribution in [0.4, 0.5) is 5.69 Å². The molecule has 0 spiro atoms. The molecule has 1 N–H and O–H groups in total. The van der Waals surface area contributed by atoms with Crippen molar-refractivity contribution in [2.45, 2.75) is 4.90 Å². The van der Waals surface area contributed by atoms with Crippen molar-refractivity contribution in [2.24, 2.45) is 0 Å². The summed E-state index contributed by atoms with van der Waals surface area (Å²) in [5.74, 6) is -1.02. The molecule has 2 rings (SSSR count). The summed E-state index contributed by atoms with van der Waals surface area (Å²) in [6, 6.07) is 3.48. The fourth-order valence-electron chi connectivity index (χ4n) is 1.30. The highest BCUT2D eigenvalue weighted by atomic mass is 79.9. The number of halogens is 1. The molecule has 1 amide bonds. The van der Waals surface area contributed by atoms with Crippen LogP contribution in [0.15, 0.2) is 21.5 Å². The number of nitrogens with one attached hydrogen (secondary N) is 1. The van der Waals surface area contributed by atoms with Crippen molar-refractivity contribution in [3.63, 3.8) is 0 Å². The largest absolute Gasteiger partial charge is 0.318 e. The van der Waals surface area contributed by atoms with E-state index in [0.717, 1.165) is 9.37 Å². The zero-order valence-electron chi connectivity index (χ0n) is 7.26. The van der Waals surface area contributed by atoms with E-state index in [0.29, 0.717) is 11.3 Å². The first-order valence-corrected chi connectivity index (χ1v) is 5.88. The summed E-state index contributed by atoms with van der Waals surface area (Å²) in [7, 11) is 0. The van der Waals surface area contributed by atoms with Gasteiger partial charge in [-0.2, -0.15) is 0 Å². The number of Topliss-reactive ketones (excluding diaryl/α,β-unsaturated/α-hetero) is 1. The second-order valence-electron chi connectivity index (χ2n) is 2.82. The van der Waals surface area contributed by atoms with Crippen LogP contribution in [-0.2, 0) is 4.79 Å². The average Bonchev–Trinajstić information content (AvgIpc) is 2.43. The summed E-state index contributed by atoms with van der Waals surface area (Å²) in [5.41, 5.74) is 1.05. The Hall–Kier alpha value is -0.810. The van der Waals surface area contributed by atoms with Gasteiger partial charge in [0.25, 0.3) is 11.7 Å². The number of ketones is 1. The molecular weight excluding hydrogens is 266 g/mol. The van der Waals surface area contributed by atoms with Crippen LogP contribution in [0.5, 0.6) is 0 Å². The van der Waals surface area contributed by atoms with Crippen LogP contribution in [0, 0.1) is 0 Å². The number of carbonyl (C=O) groups excluding carboxylic acids is 2. The van der Waals surface area contributed by atoms with Crippen molar-refractivity contribution in [3.05, 3.63) is 22.2 Å². The molecule has 1 aliphatic rings. The second-order valence-corrected chi connectivity index (χ2v) is 4.52. The van der Waals surface area contributed by atoms with Gasteiger partial charge in [0.1, 0.15) is 0 Å². The molecule has 0 radical (unpaired) electrons. The van der Waals surface area contributed by atoms with Crippen molar-refractivity contribution in [1.29, 1.82) is 0 Å². The molecule has 0 aromatic heterocycles. The maximum atomic E-state index is 11.3. The Morgan fingerprint density at radius 1 is 1.36 bits per heavy atom. The first kappa shape index (κ1) is 9.73. The van der Waals surface area contributed by atoms with Crippen LogP contribution in [0.25, 0.3) is 0 Å². The summed E-state index contributed by atoms with van der Waals surface area (Å²) >= 11 is 4.90. The Balaban J connectivity index is 2.60. The highest BCUT2D eigenvalue weighted by Gasteiger charge is 2.28. The molecule has 5 heteroatoms. The lowest BCUT2D eigenvalue weighted by Crippen LogP contribution is -2.12. The van der Waals surface area contributed by atoms with Gasteiger partial charge < -0.3 is 5.32 Å². The standard InChI is InChI=1S/C9H6BrNO2S/c1-14-7-3-6-4(2-5(7)10)8(12)9(13)11-6/h2-3H,1H3,(H,11,12,13). The molecule has 1 aliphatic heterocycles. The van der Waals surface area contributed by atoms with Crippen LogP contribution in [-0.4, -0.2) is 17.9 Å². The topological polar surface area (TPSA) is 46.2 Å². The third-order valence-electron chi connectivity index (χ3n) is 1.99. The molecule has 0 unspecified atom stereocenters. The molecule has 1 heterocycles. The maximum absolute atomic E-state index is 11.3. The zero-order chi connectivity index (χ0) is 10.3. The smallest absolute Gasteiger partial charge is 0.296 e. The van der Waals surface area contributed by atoms with E-state index in [1.54, 1.807) is 23.9 Å². The highest BCUT2D eigenvalue weighted by Crippen LogP contribution is 2.34. The number of benzene rings is 1. The fourth-order valence-corrected chi connectivity index (χ4v) is 2.62. The second kappa shape index (κ2) is 3.40. The SMILES string of the molecule is CSc1cc2c(cc1Br)C(=O)C(=O)N2. The minimum absolute atomic E-state index is 0.444. The van der Waals surface area contributed by atoms with Gasteiger partial charge in [-0.25, -0.2) is 0 Å². The van der Waals surface area contributed by atoms with Crippen molar-refractivity contribution in [1.82, 2.24) is 0 Å². The van der Waals surface area contributed by atoms with Crippen LogP contribution in [0.2, 0.25) is 0 Å². The summed E-state index contributed by atoms with van der Waals surface area (Å²) in [5, 5.41) is 2.53. The quantitative estimate of drug-likeness (QED) is 0.630. The number of amides is 1. The number of hydrogen-bond acceptors (Lipinski definition) is 3.